The van der Waals surface area contributed by atoms with Crippen molar-refractivity contribution in [2.24, 2.45) is 0 Å². The summed E-state index contributed by atoms with van der Waals surface area (Å²) >= 11 is 1.34. The molecule has 0 aliphatic carbocycles. The van der Waals surface area contributed by atoms with E-state index in [1.807, 2.05) is 0 Å². The fourth-order valence-electron chi connectivity index (χ4n) is 4.20. The van der Waals surface area contributed by atoms with Gasteiger partial charge in [-0.05, 0) is 49.2 Å². The van der Waals surface area contributed by atoms with E-state index in [4.69, 9.17) is 4.42 Å². The van der Waals surface area contributed by atoms with Crippen molar-refractivity contribution in [3.63, 3.8) is 0 Å². The van der Waals surface area contributed by atoms with Crippen LogP contribution in [-0.2, 0) is 23.0 Å². The van der Waals surface area contributed by atoms with Crippen molar-refractivity contribution in [2.75, 3.05) is 25.0 Å². The van der Waals surface area contributed by atoms with Crippen LogP contribution in [0.1, 0.15) is 50.7 Å². The van der Waals surface area contributed by atoms with Crippen LogP contribution in [-0.4, -0.2) is 54.1 Å². The Bertz CT molecular complexity index is 1290. The van der Waals surface area contributed by atoms with Gasteiger partial charge in [-0.3, -0.25) is 14.9 Å². The Morgan fingerprint density at radius 1 is 1.03 bits per heavy atom. The molecular formula is C23H24N4O5S2. The van der Waals surface area contributed by atoms with Gasteiger partial charge in [0.05, 0.1) is 23.4 Å². The first-order chi connectivity index (χ1) is 16.4. The molecule has 2 aliphatic rings. The molecule has 2 aliphatic heterocycles. The van der Waals surface area contributed by atoms with Crippen molar-refractivity contribution in [3.8, 4) is 0 Å². The maximum absolute atomic E-state index is 13.1. The second-order valence-electron chi connectivity index (χ2n) is 8.29. The van der Waals surface area contributed by atoms with Crippen LogP contribution in [0.4, 0.5) is 5.13 Å². The molecule has 0 atom stereocenters. The summed E-state index contributed by atoms with van der Waals surface area (Å²) in [5, 5.41) is 3.20. The van der Waals surface area contributed by atoms with Gasteiger partial charge in [-0.2, -0.15) is 4.31 Å². The first kappa shape index (κ1) is 22.8. The molecule has 0 unspecified atom stereocenters. The number of sulfonamides is 1. The van der Waals surface area contributed by atoms with Crippen molar-refractivity contribution < 1.29 is 22.4 Å². The van der Waals surface area contributed by atoms with Gasteiger partial charge in [-0.25, -0.2) is 13.4 Å². The van der Waals surface area contributed by atoms with Gasteiger partial charge in [-0.15, -0.1) is 0 Å². The van der Waals surface area contributed by atoms with E-state index in [9.17, 15) is 18.0 Å². The summed E-state index contributed by atoms with van der Waals surface area (Å²) in [4.78, 5) is 32.6. The lowest BCUT2D eigenvalue weighted by Gasteiger charge is -2.27. The normalized spacial score (nSPS) is 16.8. The summed E-state index contributed by atoms with van der Waals surface area (Å²) in [6.07, 6.45) is 4.81. The number of hydrogen-bond donors (Lipinski definition) is 1. The number of piperidine rings is 1. The van der Waals surface area contributed by atoms with E-state index in [1.165, 1.54) is 34.0 Å². The summed E-state index contributed by atoms with van der Waals surface area (Å²) in [6, 6.07) is 9.41. The van der Waals surface area contributed by atoms with Gasteiger partial charge in [-0.1, -0.05) is 17.8 Å². The predicted octanol–water partition coefficient (Wildman–Crippen LogP) is 3.36. The largest absolute Gasteiger partial charge is 0.459 e. The van der Waals surface area contributed by atoms with Crippen molar-refractivity contribution in [1.29, 1.82) is 0 Å². The predicted molar refractivity (Wildman–Crippen MR) is 126 cm³/mol. The van der Waals surface area contributed by atoms with Crippen molar-refractivity contribution in [2.45, 2.75) is 37.1 Å². The number of fused-ring (bicyclic) bond motifs is 1. The summed E-state index contributed by atoms with van der Waals surface area (Å²) in [5.74, 6) is -0.332. The molecule has 178 valence electrons. The number of hydrogen-bond acceptors (Lipinski definition) is 7. The third kappa shape index (κ3) is 4.50. The van der Waals surface area contributed by atoms with Gasteiger partial charge >= 0.3 is 0 Å². The Balaban J connectivity index is 1.25. The lowest BCUT2D eigenvalue weighted by atomic mass is 10.1. The smallest absolute Gasteiger partial charge is 0.293 e. The third-order valence-electron chi connectivity index (χ3n) is 6.04. The lowest BCUT2D eigenvalue weighted by Crippen LogP contribution is -2.36. The molecule has 0 saturated carbocycles. The van der Waals surface area contributed by atoms with Gasteiger partial charge in [0.1, 0.15) is 0 Å². The number of amides is 2. The van der Waals surface area contributed by atoms with Crippen LogP contribution in [0.2, 0.25) is 0 Å². The number of anilines is 1. The Morgan fingerprint density at radius 3 is 2.50 bits per heavy atom. The highest BCUT2D eigenvalue weighted by atomic mass is 32.2. The monoisotopic (exact) mass is 500 g/mol. The van der Waals surface area contributed by atoms with Crippen molar-refractivity contribution in [1.82, 2.24) is 14.2 Å². The number of rotatable bonds is 5. The number of thiazole rings is 1. The van der Waals surface area contributed by atoms with Gasteiger partial charge in [0.25, 0.3) is 11.8 Å². The number of nitrogens with zero attached hydrogens (tertiary/aromatic N) is 3. The van der Waals surface area contributed by atoms with Crippen LogP contribution < -0.4 is 5.32 Å². The van der Waals surface area contributed by atoms with Gasteiger partial charge in [0.15, 0.2) is 10.9 Å². The molecule has 1 aromatic carbocycles. The molecule has 3 aromatic rings. The maximum Gasteiger partial charge on any atom is 0.293 e. The number of carbonyl (C=O) groups excluding carboxylic acids is 2. The SMILES string of the molecule is O=C(Nc1nc2c(s1)CN(C(=O)c1ccc(S(=O)(=O)N3CCCCC3)cc1)CC2)c1ccco1. The third-order valence-corrected chi connectivity index (χ3v) is 8.95. The summed E-state index contributed by atoms with van der Waals surface area (Å²) in [6.45, 7) is 1.96. The van der Waals surface area contributed by atoms with Crippen LogP contribution in [0.5, 0.6) is 0 Å². The van der Waals surface area contributed by atoms with Gasteiger partial charge in [0, 0.05) is 36.5 Å². The number of nitrogens with one attached hydrogen (secondary N) is 1. The highest BCUT2D eigenvalue weighted by Gasteiger charge is 2.28. The fourth-order valence-corrected chi connectivity index (χ4v) is 6.73. The minimum Gasteiger partial charge on any atom is -0.459 e. The summed E-state index contributed by atoms with van der Waals surface area (Å²) < 4.78 is 32.3. The molecule has 4 heterocycles. The van der Waals surface area contributed by atoms with Crippen LogP contribution in [0.25, 0.3) is 0 Å². The topological polar surface area (TPSA) is 113 Å². The van der Waals surface area contributed by atoms with Crippen LogP contribution >= 0.6 is 11.3 Å². The Kier molecular flexibility index (Phi) is 6.24. The van der Waals surface area contributed by atoms with Gasteiger partial charge in [0.2, 0.25) is 10.0 Å². The van der Waals surface area contributed by atoms with E-state index in [-0.39, 0.29) is 22.5 Å². The standard InChI is InChI=1S/C23H24N4O5S2/c28-21(19-5-4-14-32-19)25-23-24-18-10-13-26(15-20(18)33-23)22(29)16-6-8-17(9-7-16)34(30,31)27-11-2-1-3-12-27/h4-9,14H,1-3,10-13,15H2,(H,24,25,28). The van der Waals surface area contributed by atoms with Crippen LogP contribution in [0.3, 0.4) is 0 Å². The maximum atomic E-state index is 13.1. The Hall–Kier alpha value is -3.02. The van der Waals surface area contributed by atoms with E-state index in [2.05, 4.69) is 10.3 Å². The second-order valence-corrected chi connectivity index (χ2v) is 11.3. The summed E-state index contributed by atoms with van der Waals surface area (Å²) in [7, 11) is -3.53. The number of carbonyl (C=O) groups is 2. The van der Waals surface area contributed by atoms with E-state index in [0.717, 1.165) is 29.8 Å². The second kappa shape index (κ2) is 9.32. The molecule has 2 aromatic heterocycles. The molecule has 0 bridgehead atoms. The number of furan rings is 1. The number of aromatic nitrogens is 1. The molecule has 1 N–H and O–H groups in total. The molecule has 1 fully saturated rings. The highest BCUT2D eigenvalue weighted by Crippen LogP contribution is 2.30. The highest BCUT2D eigenvalue weighted by molar-refractivity contribution is 7.89. The first-order valence-electron chi connectivity index (χ1n) is 11.1. The van der Waals surface area contributed by atoms with E-state index in [1.54, 1.807) is 29.2 Å². The zero-order chi connectivity index (χ0) is 23.7. The molecule has 34 heavy (non-hydrogen) atoms. The minimum absolute atomic E-state index is 0.165. The Labute approximate surface area is 201 Å². The van der Waals surface area contributed by atoms with E-state index >= 15 is 0 Å². The van der Waals surface area contributed by atoms with Crippen LogP contribution in [0, 0.1) is 0 Å². The van der Waals surface area contributed by atoms with Crippen LogP contribution in [0.15, 0.2) is 52.0 Å². The molecule has 0 radical (unpaired) electrons. The molecule has 0 spiro atoms. The van der Waals surface area contributed by atoms with Crippen molar-refractivity contribution in [3.05, 3.63) is 64.6 Å². The Morgan fingerprint density at radius 2 is 1.79 bits per heavy atom. The van der Waals surface area contributed by atoms with E-state index < -0.39 is 10.0 Å². The lowest BCUT2D eigenvalue weighted by molar-refractivity contribution is 0.0736. The van der Waals surface area contributed by atoms with Crippen molar-refractivity contribution >= 4 is 38.3 Å². The average molecular weight is 501 g/mol. The molecule has 2 amide bonds. The molecule has 11 heteroatoms. The fraction of sp³-hybridized carbons (Fsp3) is 0.348. The quantitative estimate of drug-likeness (QED) is 0.575. The first-order valence-corrected chi connectivity index (χ1v) is 13.4. The minimum atomic E-state index is -3.53. The average Bonchev–Trinajstić information content (AvgIpc) is 3.54. The zero-order valence-corrected chi connectivity index (χ0v) is 20.0. The molecule has 9 nitrogen and oxygen atoms in total. The van der Waals surface area contributed by atoms with E-state index in [0.29, 0.717) is 43.3 Å². The molecule has 1 saturated heterocycles. The molecular weight excluding hydrogens is 476 g/mol. The molecule has 5 rings (SSSR count). The zero-order valence-electron chi connectivity index (χ0n) is 18.4. The van der Waals surface area contributed by atoms with Gasteiger partial charge < -0.3 is 9.32 Å². The number of benzene rings is 1. The summed E-state index contributed by atoms with van der Waals surface area (Å²) in [5.41, 5.74) is 1.31.